The fourth-order valence-corrected chi connectivity index (χ4v) is 8.95. The van der Waals surface area contributed by atoms with E-state index in [1.807, 2.05) is 12.1 Å². The molecule has 11 rings (SSSR count). The van der Waals surface area contributed by atoms with Gasteiger partial charge in [-0.05, 0) is 105 Å². The Hall–Kier alpha value is -6.64. The van der Waals surface area contributed by atoms with E-state index in [0.29, 0.717) is 5.56 Å². The number of hydrogen-bond donors (Lipinski definition) is 0. The summed E-state index contributed by atoms with van der Waals surface area (Å²) in [5, 5.41) is 4.79. The number of rotatable bonds is 4. The topological polar surface area (TPSA) is 9.86 Å². The Balaban J connectivity index is 1.07. The van der Waals surface area contributed by atoms with Crippen molar-refractivity contribution in [3.8, 4) is 44.8 Å². The van der Waals surface area contributed by atoms with Crippen LogP contribution < -0.4 is 0 Å². The van der Waals surface area contributed by atoms with Crippen LogP contribution in [0.2, 0.25) is 0 Å². The van der Waals surface area contributed by atoms with Crippen molar-refractivity contribution in [2.24, 2.45) is 0 Å². The van der Waals surface area contributed by atoms with Gasteiger partial charge in [0.1, 0.15) is 0 Å². The zero-order valence-corrected chi connectivity index (χ0v) is 29.3. The van der Waals surface area contributed by atoms with Crippen molar-refractivity contribution in [2.45, 2.75) is 19.3 Å². The first-order valence-corrected chi connectivity index (χ1v) is 18.1. The number of nitrogens with zero attached hydrogens (tertiary/aromatic N) is 2. The summed E-state index contributed by atoms with van der Waals surface area (Å²) in [6, 6.07) is 52.4. The normalized spacial score (nSPS) is 14.6. The molecule has 0 amide bonds. The van der Waals surface area contributed by atoms with Crippen LogP contribution in [-0.4, -0.2) is 9.13 Å². The SMILES string of the molecule is [2H]c1c([2H])c([2H])c(-c2cccc3c2-c2ccc(-n4c5ccccc5c5cc(-c6ccc7c(c6)c6ccccc6n7-c6ccccc6)ccc54)cc2C3(C)C)c([2H])c1[2H]. The molecule has 0 unspecified atom stereocenters. The maximum Gasteiger partial charge on any atom is 0.0629 e. The van der Waals surface area contributed by atoms with Gasteiger partial charge in [-0.3, -0.25) is 0 Å². The van der Waals surface area contributed by atoms with Gasteiger partial charge in [-0.1, -0.05) is 135 Å². The van der Waals surface area contributed by atoms with E-state index in [9.17, 15) is 0 Å². The molecule has 10 aromatic rings. The maximum atomic E-state index is 8.79. The molecule has 0 aliphatic heterocycles. The first-order chi connectivity index (χ1) is 28.1. The molecule has 0 saturated carbocycles. The second-order valence-corrected chi connectivity index (χ2v) is 14.6. The van der Waals surface area contributed by atoms with Crippen molar-refractivity contribution < 1.29 is 6.85 Å². The molecule has 0 radical (unpaired) electrons. The van der Waals surface area contributed by atoms with Gasteiger partial charge in [-0.2, -0.15) is 0 Å². The Bertz CT molecular complexity index is 3340. The fraction of sp³-hybridized carbons (Fsp3) is 0.0588. The summed E-state index contributed by atoms with van der Waals surface area (Å²) in [4.78, 5) is 0. The average Bonchev–Trinajstić information content (AvgIpc) is 3.85. The standard InChI is InChI=1S/C51H36N2/c1-51(2)44-21-13-20-38(33-14-5-3-6-15-33)50(44)41-27-26-37(32-45(41)51)53-47-23-12-10-19-40(47)43-31-35(25-29-49(43)53)34-24-28-48-42(30-34)39-18-9-11-22-46(39)52(48)36-16-7-4-8-17-36/h3-32H,1-2H3/i3D,5D,6D,14D,15D. The molecule has 2 nitrogen and oxygen atoms in total. The third-order valence-electron chi connectivity index (χ3n) is 11.4. The molecule has 2 aromatic heterocycles. The van der Waals surface area contributed by atoms with E-state index in [1.165, 1.54) is 32.6 Å². The van der Waals surface area contributed by atoms with Crippen molar-refractivity contribution in [2.75, 3.05) is 0 Å². The quantitative estimate of drug-likeness (QED) is 0.175. The molecule has 53 heavy (non-hydrogen) atoms. The minimum atomic E-state index is -0.405. The smallest absolute Gasteiger partial charge is 0.0629 e. The van der Waals surface area contributed by atoms with Gasteiger partial charge >= 0.3 is 0 Å². The van der Waals surface area contributed by atoms with Crippen LogP contribution in [0.25, 0.3) is 88.4 Å². The highest BCUT2D eigenvalue weighted by atomic mass is 15.0. The van der Waals surface area contributed by atoms with E-state index >= 15 is 0 Å². The lowest BCUT2D eigenvalue weighted by Crippen LogP contribution is -2.15. The molecule has 0 N–H and O–H groups in total. The highest BCUT2D eigenvalue weighted by Crippen LogP contribution is 2.53. The molecule has 0 fully saturated rings. The zero-order valence-electron chi connectivity index (χ0n) is 34.3. The van der Waals surface area contributed by atoms with Crippen LogP contribution in [0.4, 0.5) is 0 Å². The van der Waals surface area contributed by atoms with Crippen molar-refractivity contribution in [1.29, 1.82) is 0 Å². The van der Waals surface area contributed by atoms with Crippen LogP contribution >= 0.6 is 0 Å². The summed E-state index contributed by atoms with van der Waals surface area (Å²) in [7, 11) is 0. The minimum absolute atomic E-state index is 0.189. The van der Waals surface area contributed by atoms with Gasteiger partial charge in [0.2, 0.25) is 0 Å². The van der Waals surface area contributed by atoms with Gasteiger partial charge in [0.05, 0.1) is 28.9 Å². The molecule has 1 aliphatic carbocycles. The Morgan fingerprint density at radius 1 is 0.415 bits per heavy atom. The van der Waals surface area contributed by atoms with Crippen LogP contribution in [0.15, 0.2) is 182 Å². The van der Waals surface area contributed by atoms with Crippen molar-refractivity contribution in [3.63, 3.8) is 0 Å². The van der Waals surface area contributed by atoms with Crippen LogP contribution in [0.1, 0.15) is 31.8 Å². The summed E-state index contributed by atoms with van der Waals surface area (Å²) < 4.78 is 47.2. The van der Waals surface area contributed by atoms with Crippen LogP contribution in [0.5, 0.6) is 0 Å². The lowest BCUT2D eigenvalue weighted by molar-refractivity contribution is 0.660. The van der Waals surface area contributed by atoms with Gasteiger partial charge in [-0.25, -0.2) is 0 Å². The summed E-state index contributed by atoms with van der Waals surface area (Å²) in [5.41, 5.74) is 13.7. The second kappa shape index (κ2) is 11.2. The van der Waals surface area contributed by atoms with Gasteiger partial charge in [-0.15, -0.1) is 0 Å². The zero-order chi connectivity index (χ0) is 39.6. The molecule has 0 bridgehead atoms. The monoisotopic (exact) mass is 681 g/mol. The first kappa shape index (κ1) is 25.3. The predicted molar refractivity (Wildman–Crippen MR) is 224 cm³/mol. The van der Waals surface area contributed by atoms with Crippen LogP contribution in [-0.2, 0) is 5.41 Å². The molecule has 8 aromatic carbocycles. The highest BCUT2D eigenvalue weighted by molar-refractivity contribution is 6.12. The van der Waals surface area contributed by atoms with Gasteiger partial charge in [0.15, 0.2) is 0 Å². The lowest BCUT2D eigenvalue weighted by atomic mass is 9.82. The number of benzene rings is 8. The van der Waals surface area contributed by atoms with Gasteiger partial charge in [0, 0.05) is 38.3 Å². The van der Waals surface area contributed by atoms with Gasteiger partial charge < -0.3 is 9.13 Å². The average molecular weight is 682 g/mol. The molecule has 0 spiro atoms. The molecule has 250 valence electrons. The van der Waals surface area contributed by atoms with E-state index in [0.717, 1.165) is 55.8 Å². The number of fused-ring (bicyclic) bond motifs is 9. The summed E-state index contributed by atoms with van der Waals surface area (Å²) in [6.45, 7) is 4.42. The largest absolute Gasteiger partial charge is 0.309 e. The summed E-state index contributed by atoms with van der Waals surface area (Å²) >= 11 is 0. The highest BCUT2D eigenvalue weighted by Gasteiger charge is 2.37. The van der Waals surface area contributed by atoms with Crippen molar-refractivity contribution in [3.05, 3.63) is 193 Å². The Labute approximate surface area is 315 Å². The molecule has 2 heterocycles. The number of hydrogen-bond acceptors (Lipinski definition) is 0. The minimum Gasteiger partial charge on any atom is -0.309 e. The van der Waals surface area contributed by atoms with E-state index in [1.54, 1.807) is 0 Å². The molecule has 1 aliphatic rings. The van der Waals surface area contributed by atoms with Gasteiger partial charge in [0.25, 0.3) is 0 Å². The summed E-state index contributed by atoms with van der Waals surface area (Å²) in [5.74, 6) is 0. The Morgan fingerprint density at radius 3 is 1.66 bits per heavy atom. The van der Waals surface area contributed by atoms with E-state index in [2.05, 4.69) is 163 Å². The third kappa shape index (κ3) is 4.33. The second-order valence-electron chi connectivity index (χ2n) is 14.6. The van der Waals surface area contributed by atoms with Crippen LogP contribution in [0, 0.1) is 0 Å². The molecular weight excluding hydrogens is 641 g/mol. The number of para-hydroxylation sites is 3. The van der Waals surface area contributed by atoms with E-state index in [-0.39, 0.29) is 35.8 Å². The first-order valence-electron chi connectivity index (χ1n) is 20.6. The third-order valence-corrected chi connectivity index (χ3v) is 11.4. The van der Waals surface area contributed by atoms with Crippen LogP contribution in [0.3, 0.4) is 0 Å². The Kier molecular flexibility index (Phi) is 5.34. The van der Waals surface area contributed by atoms with E-state index in [4.69, 9.17) is 6.85 Å². The number of aromatic nitrogens is 2. The van der Waals surface area contributed by atoms with Crippen molar-refractivity contribution >= 4 is 43.6 Å². The molecule has 0 atom stereocenters. The lowest BCUT2D eigenvalue weighted by Gasteiger charge is -2.22. The molecular formula is C51H36N2. The fourth-order valence-electron chi connectivity index (χ4n) is 8.95. The molecule has 2 heteroatoms. The summed E-state index contributed by atoms with van der Waals surface area (Å²) in [6.07, 6.45) is 0. The Morgan fingerprint density at radius 2 is 1.00 bits per heavy atom. The molecule has 0 saturated heterocycles. The predicted octanol–water partition coefficient (Wildman–Crippen LogP) is 13.5. The maximum absolute atomic E-state index is 8.79. The van der Waals surface area contributed by atoms with Crippen molar-refractivity contribution in [1.82, 2.24) is 9.13 Å². The van der Waals surface area contributed by atoms with E-state index < -0.39 is 5.41 Å².